The molecule has 0 aromatic carbocycles. The first kappa shape index (κ1) is 12.7. The third kappa shape index (κ3) is 2.15. The minimum Gasteiger partial charge on any atom is -0.312 e. The highest BCUT2D eigenvalue weighted by molar-refractivity contribution is 5.04. The zero-order valence-corrected chi connectivity index (χ0v) is 12.3. The van der Waals surface area contributed by atoms with Gasteiger partial charge in [0.15, 0.2) is 0 Å². The molecule has 1 heterocycles. The Bertz CT molecular complexity index is 412. The minimum absolute atomic E-state index is 0.592. The standard InChI is InChI=1S/C17H25N3/c18-3-1-4-19-5-2-6-20(19)13-17-10-14-7-15(11-17)9-16(8-14)12-17/h2,6,14-16H,1,4-5,7-13H2. The summed E-state index contributed by atoms with van der Waals surface area (Å²) < 4.78 is 0. The van der Waals surface area contributed by atoms with Gasteiger partial charge in [0, 0.05) is 32.3 Å². The topological polar surface area (TPSA) is 30.3 Å². The maximum absolute atomic E-state index is 8.80. The van der Waals surface area contributed by atoms with Crippen molar-refractivity contribution in [2.75, 3.05) is 19.6 Å². The van der Waals surface area contributed by atoms with Gasteiger partial charge in [-0.3, -0.25) is 0 Å². The lowest BCUT2D eigenvalue weighted by Gasteiger charge is -2.58. The van der Waals surface area contributed by atoms with Crippen LogP contribution in [0.25, 0.3) is 0 Å². The van der Waals surface area contributed by atoms with E-state index in [2.05, 4.69) is 28.4 Å². The van der Waals surface area contributed by atoms with Crippen molar-refractivity contribution in [3.8, 4) is 6.07 Å². The van der Waals surface area contributed by atoms with Crippen LogP contribution in [-0.4, -0.2) is 29.7 Å². The third-order valence-electron chi connectivity index (χ3n) is 6.10. The van der Waals surface area contributed by atoms with Crippen molar-refractivity contribution in [3.63, 3.8) is 0 Å². The molecule has 0 amide bonds. The van der Waals surface area contributed by atoms with Gasteiger partial charge in [-0.15, -0.1) is 0 Å². The van der Waals surface area contributed by atoms with Crippen LogP contribution >= 0.6 is 0 Å². The number of hydrogen-bond acceptors (Lipinski definition) is 3. The normalized spacial score (nSPS) is 42.4. The van der Waals surface area contributed by atoms with Crippen LogP contribution < -0.4 is 0 Å². The SMILES string of the molecule is N#CCCN1CC=CN1CC12CC3CC(CC(C3)C1)C2. The Hall–Kier alpha value is -1.01. The lowest BCUT2D eigenvalue weighted by atomic mass is 9.49. The van der Waals surface area contributed by atoms with Gasteiger partial charge in [-0.1, -0.05) is 6.08 Å². The lowest BCUT2D eigenvalue weighted by Crippen LogP contribution is -2.52. The van der Waals surface area contributed by atoms with E-state index >= 15 is 0 Å². The predicted molar refractivity (Wildman–Crippen MR) is 78.3 cm³/mol. The summed E-state index contributed by atoms with van der Waals surface area (Å²) in [5.74, 6) is 3.08. The smallest absolute Gasteiger partial charge is 0.0635 e. The monoisotopic (exact) mass is 271 g/mol. The van der Waals surface area contributed by atoms with Gasteiger partial charge in [0.05, 0.1) is 6.07 Å². The molecular weight excluding hydrogens is 246 g/mol. The van der Waals surface area contributed by atoms with Crippen molar-refractivity contribution in [1.82, 2.24) is 10.0 Å². The summed E-state index contributed by atoms with van der Waals surface area (Å²) in [4.78, 5) is 0. The van der Waals surface area contributed by atoms with E-state index < -0.39 is 0 Å². The lowest BCUT2D eigenvalue weighted by molar-refractivity contribution is -0.0917. The fourth-order valence-electron chi connectivity index (χ4n) is 5.87. The Morgan fingerprint density at radius 3 is 2.35 bits per heavy atom. The summed E-state index contributed by atoms with van der Waals surface area (Å²) in [7, 11) is 0. The van der Waals surface area contributed by atoms with Gasteiger partial charge >= 0.3 is 0 Å². The van der Waals surface area contributed by atoms with Crippen LogP contribution in [0.2, 0.25) is 0 Å². The fourth-order valence-corrected chi connectivity index (χ4v) is 5.87. The molecule has 4 aliphatic carbocycles. The second kappa shape index (κ2) is 4.77. The molecule has 5 aliphatic rings. The van der Waals surface area contributed by atoms with Gasteiger partial charge in [0.1, 0.15) is 0 Å². The van der Waals surface area contributed by atoms with Crippen molar-refractivity contribution in [3.05, 3.63) is 12.3 Å². The number of nitrogens with zero attached hydrogens (tertiary/aromatic N) is 3. The number of rotatable bonds is 4. The highest BCUT2D eigenvalue weighted by atomic mass is 15.6. The Morgan fingerprint density at radius 1 is 1.10 bits per heavy atom. The Morgan fingerprint density at radius 2 is 1.75 bits per heavy atom. The van der Waals surface area contributed by atoms with Crippen molar-refractivity contribution in [2.45, 2.75) is 44.9 Å². The van der Waals surface area contributed by atoms with Crippen LogP contribution in [-0.2, 0) is 0 Å². The predicted octanol–water partition coefficient (Wildman–Crippen LogP) is 3.16. The maximum Gasteiger partial charge on any atom is 0.0635 e. The summed E-state index contributed by atoms with van der Waals surface area (Å²) in [6.07, 6.45) is 14.1. The summed E-state index contributed by atoms with van der Waals surface area (Å²) in [5, 5.41) is 13.6. The van der Waals surface area contributed by atoms with Crippen LogP contribution in [0.5, 0.6) is 0 Å². The molecule has 20 heavy (non-hydrogen) atoms. The van der Waals surface area contributed by atoms with E-state index in [9.17, 15) is 0 Å². The third-order valence-corrected chi connectivity index (χ3v) is 6.10. The van der Waals surface area contributed by atoms with Gasteiger partial charge in [-0.2, -0.15) is 5.26 Å². The van der Waals surface area contributed by atoms with E-state index in [1.807, 2.05) is 0 Å². The van der Waals surface area contributed by atoms with E-state index in [1.165, 1.54) is 45.1 Å². The maximum atomic E-state index is 8.80. The molecule has 3 heteroatoms. The van der Waals surface area contributed by atoms with Gasteiger partial charge in [-0.25, -0.2) is 5.01 Å². The molecule has 4 saturated carbocycles. The molecule has 0 aromatic rings. The van der Waals surface area contributed by atoms with E-state index in [-0.39, 0.29) is 0 Å². The van der Waals surface area contributed by atoms with Crippen molar-refractivity contribution < 1.29 is 0 Å². The number of hydrazine groups is 1. The molecule has 4 bridgehead atoms. The van der Waals surface area contributed by atoms with Gasteiger partial charge in [0.25, 0.3) is 0 Å². The average molecular weight is 271 g/mol. The molecular formula is C17H25N3. The van der Waals surface area contributed by atoms with Crippen LogP contribution in [0.1, 0.15) is 44.9 Å². The first-order valence-corrected chi connectivity index (χ1v) is 8.31. The summed E-state index contributed by atoms with van der Waals surface area (Å²) in [5.41, 5.74) is 0.592. The van der Waals surface area contributed by atoms with Crippen molar-refractivity contribution in [1.29, 1.82) is 5.26 Å². The second-order valence-electron chi connectivity index (χ2n) is 7.72. The Kier molecular flexibility index (Phi) is 3.03. The number of hydrogen-bond donors (Lipinski definition) is 0. The van der Waals surface area contributed by atoms with Crippen LogP contribution in [0.4, 0.5) is 0 Å². The van der Waals surface area contributed by atoms with E-state index in [1.54, 1.807) is 0 Å². The fraction of sp³-hybridized carbons (Fsp3) is 0.824. The quantitative estimate of drug-likeness (QED) is 0.787. The van der Waals surface area contributed by atoms with Crippen LogP contribution in [0.15, 0.2) is 12.3 Å². The summed E-state index contributed by atoms with van der Waals surface area (Å²) in [6.45, 7) is 3.09. The molecule has 0 aromatic heterocycles. The number of nitriles is 1. The van der Waals surface area contributed by atoms with Crippen molar-refractivity contribution in [2.24, 2.45) is 23.2 Å². The molecule has 5 rings (SSSR count). The zero-order chi connectivity index (χ0) is 13.6. The average Bonchev–Trinajstić information content (AvgIpc) is 2.81. The molecule has 0 unspecified atom stereocenters. The molecule has 108 valence electrons. The Labute approximate surface area is 122 Å². The van der Waals surface area contributed by atoms with E-state index in [0.29, 0.717) is 11.8 Å². The van der Waals surface area contributed by atoms with E-state index in [0.717, 1.165) is 30.8 Å². The minimum atomic E-state index is 0.592. The van der Waals surface area contributed by atoms with Crippen molar-refractivity contribution >= 4 is 0 Å². The Balaban J connectivity index is 1.46. The first-order chi connectivity index (χ1) is 9.76. The molecule has 0 spiro atoms. The van der Waals surface area contributed by atoms with Gasteiger partial charge < -0.3 is 5.01 Å². The van der Waals surface area contributed by atoms with Gasteiger partial charge in [0.2, 0.25) is 0 Å². The van der Waals surface area contributed by atoms with Gasteiger partial charge in [-0.05, 0) is 61.7 Å². The van der Waals surface area contributed by atoms with E-state index in [4.69, 9.17) is 5.26 Å². The molecule has 0 atom stereocenters. The first-order valence-electron chi connectivity index (χ1n) is 8.31. The largest absolute Gasteiger partial charge is 0.312 e. The molecule has 4 fully saturated rings. The van der Waals surface area contributed by atoms with Crippen LogP contribution in [0, 0.1) is 34.5 Å². The molecule has 0 N–H and O–H groups in total. The van der Waals surface area contributed by atoms with Crippen LogP contribution in [0.3, 0.4) is 0 Å². The summed E-state index contributed by atoms with van der Waals surface area (Å²) >= 11 is 0. The molecule has 0 saturated heterocycles. The molecule has 3 nitrogen and oxygen atoms in total. The second-order valence-corrected chi connectivity index (χ2v) is 7.72. The molecule has 0 radical (unpaired) electrons. The molecule has 1 aliphatic heterocycles. The highest BCUT2D eigenvalue weighted by Gasteiger charge is 2.51. The highest BCUT2D eigenvalue weighted by Crippen LogP contribution is 2.60. The summed E-state index contributed by atoms with van der Waals surface area (Å²) in [6, 6.07) is 2.28. The zero-order valence-electron chi connectivity index (χ0n) is 12.3.